The van der Waals surface area contributed by atoms with Crippen molar-refractivity contribution in [3.63, 3.8) is 0 Å². The molecular weight excluding hydrogens is 339 g/mol. The third-order valence-corrected chi connectivity index (χ3v) is 4.69. The number of methoxy groups -OCH3 is 1. The summed E-state index contributed by atoms with van der Waals surface area (Å²) >= 11 is 1.42. The molecule has 25 heavy (non-hydrogen) atoms. The summed E-state index contributed by atoms with van der Waals surface area (Å²) in [6, 6.07) is 13.5. The van der Waals surface area contributed by atoms with Gasteiger partial charge in [-0.05, 0) is 42.3 Å². The zero-order valence-corrected chi connectivity index (χ0v) is 14.7. The van der Waals surface area contributed by atoms with E-state index in [1.165, 1.54) is 23.5 Å². The molecule has 1 N–H and O–H groups in total. The smallest absolute Gasteiger partial charge is 0.271 e. The zero-order chi connectivity index (χ0) is 17.8. The molecule has 0 saturated carbocycles. The van der Waals surface area contributed by atoms with E-state index in [1.807, 2.05) is 31.2 Å². The maximum Gasteiger partial charge on any atom is 0.271 e. The molecule has 0 aliphatic rings. The largest absolute Gasteiger partial charge is 0.497 e. The van der Waals surface area contributed by atoms with Crippen LogP contribution in [0.15, 0.2) is 48.5 Å². The van der Waals surface area contributed by atoms with Gasteiger partial charge in [-0.25, -0.2) is 9.37 Å². The lowest BCUT2D eigenvalue weighted by atomic mass is 10.1. The SMILES string of the molecule is COc1ccc(CNC(=O)c2nc(C)sc2-c2ccc(F)cc2)cc1. The second-order valence-electron chi connectivity index (χ2n) is 5.45. The lowest BCUT2D eigenvalue weighted by Gasteiger charge is -2.06. The number of carbonyl (C=O) groups excluding carboxylic acids is 1. The molecule has 0 aliphatic heterocycles. The fourth-order valence-electron chi connectivity index (χ4n) is 2.39. The van der Waals surface area contributed by atoms with Crippen LogP contribution in [0.1, 0.15) is 21.1 Å². The molecule has 128 valence electrons. The van der Waals surface area contributed by atoms with Crippen LogP contribution in [0.4, 0.5) is 4.39 Å². The van der Waals surface area contributed by atoms with Crippen molar-refractivity contribution in [3.05, 3.63) is 70.6 Å². The molecule has 0 saturated heterocycles. The summed E-state index contributed by atoms with van der Waals surface area (Å²) in [4.78, 5) is 17.6. The fraction of sp³-hybridized carbons (Fsp3) is 0.158. The van der Waals surface area contributed by atoms with Crippen LogP contribution >= 0.6 is 11.3 Å². The average molecular weight is 356 g/mol. The Balaban J connectivity index is 1.76. The summed E-state index contributed by atoms with van der Waals surface area (Å²) in [7, 11) is 1.61. The Hall–Kier alpha value is -2.73. The van der Waals surface area contributed by atoms with Crippen LogP contribution in [0.25, 0.3) is 10.4 Å². The number of hydrogen-bond acceptors (Lipinski definition) is 4. The minimum atomic E-state index is -0.310. The van der Waals surface area contributed by atoms with Gasteiger partial charge in [0, 0.05) is 6.54 Å². The second kappa shape index (κ2) is 7.44. The molecule has 1 aromatic heterocycles. The van der Waals surface area contributed by atoms with E-state index >= 15 is 0 Å². The van der Waals surface area contributed by atoms with Gasteiger partial charge in [0.1, 0.15) is 17.3 Å². The first-order valence-corrected chi connectivity index (χ1v) is 8.53. The van der Waals surface area contributed by atoms with Crippen LogP contribution in [-0.4, -0.2) is 18.0 Å². The molecule has 3 rings (SSSR count). The Kier molecular flexibility index (Phi) is 5.09. The number of ether oxygens (including phenoxy) is 1. The Bertz CT molecular complexity index is 873. The standard InChI is InChI=1S/C19H17FN2O2S/c1-12-22-17(18(25-12)14-5-7-15(20)8-6-14)19(23)21-11-13-3-9-16(24-2)10-4-13/h3-10H,11H2,1-2H3,(H,21,23). The van der Waals surface area contributed by atoms with Gasteiger partial charge in [-0.15, -0.1) is 11.3 Å². The van der Waals surface area contributed by atoms with Crippen LogP contribution < -0.4 is 10.1 Å². The Labute approximate surface area is 149 Å². The van der Waals surface area contributed by atoms with E-state index in [0.29, 0.717) is 12.2 Å². The molecule has 3 aromatic rings. The Morgan fingerprint density at radius 3 is 2.48 bits per heavy atom. The maximum absolute atomic E-state index is 13.1. The van der Waals surface area contributed by atoms with Crippen molar-refractivity contribution >= 4 is 17.2 Å². The number of halogens is 1. The van der Waals surface area contributed by atoms with E-state index in [-0.39, 0.29) is 11.7 Å². The first kappa shape index (κ1) is 17.1. The molecule has 6 heteroatoms. The van der Waals surface area contributed by atoms with Gasteiger partial charge in [0.2, 0.25) is 0 Å². The minimum absolute atomic E-state index is 0.250. The predicted octanol–water partition coefficient (Wildman–Crippen LogP) is 4.20. The van der Waals surface area contributed by atoms with E-state index in [1.54, 1.807) is 19.2 Å². The summed E-state index contributed by atoms with van der Waals surface area (Å²) < 4.78 is 18.2. The van der Waals surface area contributed by atoms with E-state index in [4.69, 9.17) is 4.74 Å². The van der Waals surface area contributed by atoms with Gasteiger partial charge in [-0.3, -0.25) is 4.79 Å². The molecule has 2 aromatic carbocycles. The maximum atomic E-state index is 13.1. The van der Waals surface area contributed by atoms with Gasteiger partial charge in [-0.2, -0.15) is 0 Å². The van der Waals surface area contributed by atoms with Crippen LogP contribution in [0, 0.1) is 12.7 Å². The van der Waals surface area contributed by atoms with Crippen molar-refractivity contribution in [3.8, 4) is 16.2 Å². The van der Waals surface area contributed by atoms with Gasteiger partial charge in [0.25, 0.3) is 5.91 Å². The fourth-order valence-corrected chi connectivity index (χ4v) is 3.31. The highest BCUT2D eigenvalue weighted by atomic mass is 32.1. The monoisotopic (exact) mass is 356 g/mol. The van der Waals surface area contributed by atoms with Crippen LogP contribution in [-0.2, 0) is 6.54 Å². The molecule has 1 amide bonds. The number of carbonyl (C=O) groups is 1. The number of thiazole rings is 1. The number of aryl methyl sites for hydroxylation is 1. The summed E-state index contributed by atoms with van der Waals surface area (Å²) in [5, 5.41) is 3.66. The normalized spacial score (nSPS) is 10.5. The molecule has 0 aliphatic carbocycles. The molecule has 0 radical (unpaired) electrons. The van der Waals surface area contributed by atoms with Crippen LogP contribution in [0.5, 0.6) is 5.75 Å². The topological polar surface area (TPSA) is 51.2 Å². The van der Waals surface area contributed by atoms with Gasteiger partial charge in [-0.1, -0.05) is 24.3 Å². The van der Waals surface area contributed by atoms with E-state index in [0.717, 1.165) is 26.8 Å². The lowest BCUT2D eigenvalue weighted by Crippen LogP contribution is -2.23. The average Bonchev–Trinajstić information content (AvgIpc) is 3.02. The lowest BCUT2D eigenvalue weighted by molar-refractivity contribution is 0.0947. The van der Waals surface area contributed by atoms with Gasteiger partial charge in [0.05, 0.1) is 17.0 Å². The third-order valence-electron chi connectivity index (χ3n) is 3.67. The van der Waals surface area contributed by atoms with Crippen molar-refractivity contribution in [2.45, 2.75) is 13.5 Å². The molecular formula is C19H17FN2O2S. The number of nitrogens with zero attached hydrogens (tertiary/aromatic N) is 1. The Morgan fingerprint density at radius 1 is 1.16 bits per heavy atom. The number of amides is 1. The highest BCUT2D eigenvalue weighted by Crippen LogP contribution is 2.30. The predicted molar refractivity (Wildman–Crippen MR) is 96.4 cm³/mol. The third kappa shape index (κ3) is 4.03. The molecule has 0 spiro atoms. The number of aromatic nitrogens is 1. The van der Waals surface area contributed by atoms with Crippen molar-refractivity contribution in [1.29, 1.82) is 0 Å². The number of rotatable bonds is 5. The quantitative estimate of drug-likeness (QED) is 0.745. The van der Waals surface area contributed by atoms with Crippen LogP contribution in [0.2, 0.25) is 0 Å². The highest BCUT2D eigenvalue weighted by Gasteiger charge is 2.18. The molecule has 0 fully saturated rings. The van der Waals surface area contributed by atoms with Crippen LogP contribution in [0.3, 0.4) is 0 Å². The Morgan fingerprint density at radius 2 is 1.84 bits per heavy atom. The van der Waals surface area contributed by atoms with Crippen molar-refractivity contribution in [2.75, 3.05) is 7.11 Å². The number of hydrogen-bond donors (Lipinski definition) is 1. The van der Waals surface area contributed by atoms with Crippen molar-refractivity contribution < 1.29 is 13.9 Å². The summed E-state index contributed by atoms with van der Waals surface area (Å²) in [6.45, 7) is 2.24. The zero-order valence-electron chi connectivity index (χ0n) is 13.9. The second-order valence-corrected chi connectivity index (χ2v) is 6.65. The molecule has 4 nitrogen and oxygen atoms in total. The minimum Gasteiger partial charge on any atom is -0.497 e. The summed E-state index contributed by atoms with van der Waals surface area (Å²) in [5.74, 6) is 0.207. The summed E-state index contributed by atoms with van der Waals surface area (Å²) in [6.07, 6.45) is 0. The highest BCUT2D eigenvalue weighted by molar-refractivity contribution is 7.15. The van der Waals surface area contributed by atoms with Crippen molar-refractivity contribution in [1.82, 2.24) is 10.3 Å². The molecule has 0 bridgehead atoms. The van der Waals surface area contributed by atoms with Crippen molar-refractivity contribution in [2.24, 2.45) is 0 Å². The van der Waals surface area contributed by atoms with E-state index in [2.05, 4.69) is 10.3 Å². The first-order chi connectivity index (χ1) is 12.1. The molecule has 1 heterocycles. The number of benzene rings is 2. The van der Waals surface area contributed by atoms with E-state index in [9.17, 15) is 9.18 Å². The molecule has 0 unspecified atom stereocenters. The molecule has 0 atom stereocenters. The van der Waals surface area contributed by atoms with Gasteiger partial charge in [0.15, 0.2) is 0 Å². The number of nitrogens with one attached hydrogen (secondary N) is 1. The van der Waals surface area contributed by atoms with Gasteiger partial charge >= 0.3 is 0 Å². The van der Waals surface area contributed by atoms with E-state index < -0.39 is 0 Å². The first-order valence-electron chi connectivity index (χ1n) is 7.71. The van der Waals surface area contributed by atoms with Gasteiger partial charge < -0.3 is 10.1 Å². The summed E-state index contributed by atoms with van der Waals surface area (Å²) in [5.41, 5.74) is 2.11.